The van der Waals surface area contributed by atoms with Crippen LogP contribution < -0.4 is 5.32 Å². The van der Waals surface area contributed by atoms with Gasteiger partial charge in [-0.3, -0.25) is 9.78 Å². The number of para-hydroxylation sites is 1. The van der Waals surface area contributed by atoms with Gasteiger partial charge in [-0.15, -0.1) is 0 Å². The van der Waals surface area contributed by atoms with Gasteiger partial charge in [0.2, 0.25) is 5.91 Å². The Balaban J connectivity index is 1.78. The topological polar surface area (TPSA) is 68.0 Å². The first kappa shape index (κ1) is 12.8. The number of hydrogen-bond acceptors (Lipinski definition) is 4. The van der Waals surface area contributed by atoms with E-state index in [-0.39, 0.29) is 12.3 Å². The van der Waals surface area contributed by atoms with Crippen LogP contribution in [0.4, 0.5) is 5.69 Å². The average molecular weight is 332 g/mol. The largest absolute Gasteiger partial charge is 0.356 e. The zero-order valence-electron chi connectivity index (χ0n) is 10.3. The molecule has 2 heterocycles. The Kier molecular flexibility index (Phi) is 3.47. The van der Waals surface area contributed by atoms with Gasteiger partial charge in [-0.05, 0) is 34.1 Å². The SMILES string of the molecule is O=C(Cc1noc2ccccc12)Nc1ccncc1Br. The van der Waals surface area contributed by atoms with E-state index in [0.717, 1.165) is 9.86 Å². The molecule has 0 spiro atoms. The first-order valence-electron chi connectivity index (χ1n) is 5.96. The van der Waals surface area contributed by atoms with Crippen molar-refractivity contribution in [3.8, 4) is 0 Å². The molecule has 1 N–H and O–H groups in total. The van der Waals surface area contributed by atoms with Crippen molar-refractivity contribution in [1.29, 1.82) is 0 Å². The summed E-state index contributed by atoms with van der Waals surface area (Å²) < 4.78 is 5.91. The van der Waals surface area contributed by atoms with Crippen molar-refractivity contribution in [2.75, 3.05) is 5.32 Å². The molecule has 1 aromatic carbocycles. The fraction of sp³-hybridized carbons (Fsp3) is 0.0714. The van der Waals surface area contributed by atoms with E-state index in [1.807, 2.05) is 24.3 Å². The normalized spacial score (nSPS) is 10.7. The minimum Gasteiger partial charge on any atom is -0.356 e. The van der Waals surface area contributed by atoms with E-state index in [4.69, 9.17) is 4.52 Å². The third kappa shape index (κ3) is 2.55. The van der Waals surface area contributed by atoms with Crippen LogP contribution in [0.3, 0.4) is 0 Å². The first-order valence-corrected chi connectivity index (χ1v) is 6.76. The van der Waals surface area contributed by atoms with Gasteiger partial charge in [0.15, 0.2) is 5.58 Å². The van der Waals surface area contributed by atoms with Gasteiger partial charge < -0.3 is 9.84 Å². The Labute approximate surface area is 123 Å². The molecule has 6 heteroatoms. The molecule has 2 aromatic heterocycles. The summed E-state index contributed by atoms with van der Waals surface area (Å²) in [7, 11) is 0. The second-order valence-electron chi connectivity index (χ2n) is 4.21. The monoisotopic (exact) mass is 331 g/mol. The number of fused-ring (bicyclic) bond motifs is 1. The number of carbonyl (C=O) groups excluding carboxylic acids is 1. The van der Waals surface area contributed by atoms with Gasteiger partial charge in [0.05, 0.1) is 16.6 Å². The molecule has 100 valence electrons. The summed E-state index contributed by atoms with van der Waals surface area (Å²) >= 11 is 3.33. The van der Waals surface area contributed by atoms with E-state index in [1.54, 1.807) is 18.5 Å². The van der Waals surface area contributed by atoms with Crippen molar-refractivity contribution in [3.05, 3.63) is 52.9 Å². The summed E-state index contributed by atoms with van der Waals surface area (Å²) in [6, 6.07) is 9.19. The molecule has 3 aromatic rings. The van der Waals surface area contributed by atoms with Crippen LogP contribution in [0.25, 0.3) is 11.0 Å². The molecular formula is C14H10BrN3O2. The van der Waals surface area contributed by atoms with Crippen molar-refractivity contribution in [1.82, 2.24) is 10.1 Å². The van der Waals surface area contributed by atoms with Gasteiger partial charge in [-0.25, -0.2) is 0 Å². The second kappa shape index (κ2) is 5.42. The lowest BCUT2D eigenvalue weighted by Gasteiger charge is -2.05. The summed E-state index contributed by atoms with van der Waals surface area (Å²) in [5, 5.41) is 7.60. The Bertz CT molecular complexity index is 770. The molecule has 0 fully saturated rings. The van der Waals surface area contributed by atoms with Gasteiger partial charge in [0.25, 0.3) is 0 Å². The molecule has 0 aliphatic carbocycles. The molecule has 0 radical (unpaired) electrons. The molecule has 0 saturated heterocycles. The van der Waals surface area contributed by atoms with Gasteiger partial charge >= 0.3 is 0 Å². The summed E-state index contributed by atoms with van der Waals surface area (Å²) in [5.74, 6) is -0.157. The van der Waals surface area contributed by atoms with Crippen LogP contribution in [-0.2, 0) is 11.2 Å². The lowest BCUT2D eigenvalue weighted by Crippen LogP contribution is -2.15. The minimum atomic E-state index is -0.157. The average Bonchev–Trinajstić information content (AvgIpc) is 2.85. The Morgan fingerprint density at radius 2 is 2.15 bits per heavy atom. The molecule has 0 unspecified atom stereocenters. The first-order chi connectivity index (χ1) is 9.74. The third-order valence-electron chi connectivity index (χ3n) is 2.83. The maximum atomic E-state index is 12.0. The van der Waals surface area contributed by atoms with Crippen LogP contribution in [0.5, 0.6) is 0 Å². The number of carbonyl (C=O) groups is 1. The van der Waals surface area contributed by atoms with Crippen LogP contribution >= 0.6 is 15.9 Å². The lowest BCUT2D eigenvalue weighted by atomic mass is 10.1. The van der Waals surface area contributed by atoms with Crippen LogP contribution in [-0.4, -0.2) is 16.0 Å². The smallest absolute Gasteiger partial charge is 0.230 e. The summed E-state index contributed by atoms with van der Waals surface area (Å²) in [5.41, 5.74) is 1.99. The van der Waals surface area contributed by atoms with Crippen LogP contribution in [0.15, 0.2) is 51.7 Å². The molecule has 0 bridgehead atoms. The van der Waals surface area contributed by atoms with E-state index >= 15 is 0 Å². The van der Waals surface area contributed by atoms with E-state index in [2.05, 4.69) is 31.4 Å². The number of nitrogens with zero attached hydrogens (tertiary/aromatic N) is 2. The van der Waals surface area contributed by atoms with Crippen molar-refractivity contribution in [3.63, 3.8) is 0 Å². The molecular weight excluding hydrogens is 322 g/mol. The molecule has 3 rings (SSSR count). The van der Waals surface area contributed by atoms with E-state index < -0.39 is 0 Å². The molecule has 20 heavy (non-hydrogen) atoms. The fourth-order valence-corrected chi connectivity index (χ4v) is 2.24. The summed E-state index contributed by atoms with van der Waals surface area (Å²) in [6.45, 7) is 0. The molecule has 0 aliphatic heterocycles. The zero-order chi connectivity index (χ0) is 13.9. The van der Waals surface area contributed by atoms with E-state index in [9.17, 15) is 4.79 Å². The fourth-order valence-electron chi connectivity index (χ4n) is 1.89. The zero-order valence-corrected chi connectivity index (χ0v) is 11.9. The van der Waals surface area contributed by atoms with Crippen LogP contribution in [0.1, 0.15) is 5.69 Å². The Morgan fingerprint density at radius 3 is 3.00 bits per heavy atom. The van der Waals surface area contributed by atoms with Crippen molar-refractivity contribution >= 4 is 38.5 Å². The summed E-state index contributed by atoms with van der Waals surface area (Å²) in [4.78, 5) is 16.0. The number of hydrogen-bond donors (Lipinski definition) is 1. The number of halogens is 1. The number of aromatic nitrogens is 2. The number of pyridine rings is 1. The van der Waals surface area contributed by atoms with E-state index in [0.29, 0.717) is 17.0 Å². The van der Waals surface area contributed by atoms with E-state index in [1.165, 1.54) is 0 Å². The predicted octanol–water partition coefficient (Wildman–Crippen LogP) is 3.17. The number of rotatable bonds is 3. The predicted molar refractivity (Wildman–Crippen MR) is 78.3 cm³/mol. The highest BCUT2D eigenvalue weighted by Gasteiger charge is 2.12. The maximum Gasteiger partial charge on any atom is 0.230 e. The summed E-state index contributed by atoms with van der Waals surface area (Å²) in [6.07, 6.45) is 3.40. The Hall–Kier alpha value is -2.21. The van der Waals surface area contributed by atoms with Crippen LogP contribution in [0, 0.1) is 0 Å². The lowest BCUT2D eigenvalue weighted by molar-refractivity contribution is -0.115. The van der Waals surface area contributed by atoms with Gasteiger partial charge in [-0.2, -0.15) is 0 Å². The third-order valence-corrected chi connectivity index (χ3v) is 3.46. The van der Waals surface area contributed by atoms with Crippen LogP contribution in [0.2, 0.25) is 0 Å². The van der Waals surface area contributed by atoms with Crippen molar-refractivity contribution < 1.29 is 9.32 Å². The van der Waals surface area contributed by atoms with Gasteiger partial charge in [0, 0.05) is 17.8 Å². The number of nitrogens with one attached hydrogen (secondary N) is 1. The highest BCUT2D eigenvalue weighted by molar-refractivity contribution is 9.10. The minimum absolute atomic E-state index is 0.157. The maximum absolute atomic E-state index is 12.0. The molecule has 0 aliphatic rings. The highest BCUT2D eigenvalue weighted by atomic mass is 79.9. The molecule has 1 amide bonds. The van der Waals surface area contributed by atoms with Gasteiger partial charge in [0.1, 0.15) is 5.69 Å². The van der Waals surface area contributed by atoms with Crippen molar-refractivity contribution in [2.24, 2.45) is 0 Å². The highest BCUT2D eigenvalue weighted by Crippen LogP contribution is 2.21. The molecule has 0 saturated carbocycles. The second-order valence-corrected chi connectivity index (χ2v) is 5.06. The standard InChI is InChI=1S/C14H10BrN3O2/c15-10-8-16-6-5-11(10)17-14(19)7-12-9-3-1-2-4-13(9)20-18-12/h1-6,8H,7H2,(H,16,17,19). The number of amides is 1. The molecule has 0 atom stereocenters. The van der Waals surface area contributed by atoms with Crippen molar-refractivity contribution in [2.45, 2.75) is 6.42 Å². The Morgan fingerprint density at radius 1 is 1.30 bits per heavy atom. The van der Waals surface area contributed by atoms with Gasteiger partial charge in [-0.1, -0.05) is 17.3 Å². The molecule has 5 nitrogen and oxygen atoms in total. The number of benzene rings is 1. The quantitative estimate of drug-likeness (QED) is 0.800. The number of anilines is 1.